The van der Waals surface area contributed by atoms with Crippen LogP contribution in [0.5, 0.6) is 0 Å². The molecule has 0 bridgehead atoms. The van der Waals surface area contributed by atoms with Crippen LogP contribution in [0, 0.1) is 17.2 Å². The molecule has 3 nitrogen and oxygen atoms in total. The Bertz CT molecular complexity index is 303. The molecule has 0 aromatic heterocycles. The topological polar surface area (TPSA) is 56.0 Å². The molecule has 0 radical (unpaired) electrons. The first-order valence-corrected chi connectivity index (χ1v) is 8.56. The Morgan fingerprint density at radius 1 is 1.53 bits per heavy atom. The molecule has 4 heteroatoms. The van der Waals surface area contributed by atoms with E-state index >= 15 is 0 Å². The number of aliphatic hydroxyl groups excluding tert-OH is 1. The molecule has 110 valence electrons. The van der Waals surface area contributed by atoms with Gasteiger partial charge in [-0.2, -0.15) is 17.0 Å². The summed E-state index contributed by atoms with van der Waals surface area (Å²) in [4.78, 5) is 0. The predicted molar refractivity (Wildman–Crippen MR) is 82.2 cm³/mol. The number of thioether (sulfide) groups is 1. The molecule has 1 aliphatic carbocycles. The van der Waals surface area contributed by atoms with Gasteiger partial charge in [0, 0.05) is 5.25 Å². The van der Waals surface area contributed by atoms with E-state index in [0.29, 0.717) is 5.92 Å². The quantitative estimate of drug-likeness (QED) is 0.719. The van der Waals surface area contributed by atoms with Crippen LogP contribution in [-0.2, 0) is 0 Å². The Labute approximate surface area is 122 Å². The molecule has 0 amide bonds. The lowest BCUT2D eigenvalue weighted by atomic mass is 9.86. The zero-order chi connectivity index (χ0) is 14.3. The highest BCUT2D eigenvalue weighted by Gasteiger charge is 2.42. The van der Waals surface area contributed by atoms with Crippen molar-refractivity contribution < 1.29 is 5.11 Å². The Kier molecular flexibility index (Phi) is 7.20. The molecule has 0 aliphatic heterocycles. The zero-order valence-electron chi connectivity index (χ0n) is 12.5. The van der Waals surface area contributed by atoms with Gasteiger partial charge in [0.1, 0.15) is 5.54 Å². The van der Waals surface area contributed by atoms with E-state index in [1.807, 2.05) is 18.7 Å². The van der Waals surface area contributed by atoms with E-state index in [4.69, 9.17) is 0 Å². The molecular formula is C15H28N2OS. The number of hydrogen-bond acceptors (Lipinski definition) is 4. The normalized spacial score (nSPS) is 29.9. The third-order valence-electron chi connectivity index (χ3n) is 4.24. The van der Waals surface area contributed by atoms with Gasteiger partial charge in [-0.05, 0) is 50.8 Å². The maximum atomic E-state index is 9.55. The Hall–Kier alpha value is -0.240. The summed E-state index contributed by atoms with van der Waals surface area (Å²) >= 11 is 1.82. The summed E-state index contributed by atoms with van der Waals surface area (Å²) in [6.45, 7) is 6.98. The second kappa shape index (κ2) is 8.14. The minimum Gasteiger partial charge on any atom is -0.392 e. The highest BCUT2D eigenvalue weighted by molar-refractivity contribution is 7.99. The summed E-state index contributed by atoms with van der Waals surface area (Å²) in [5, 5.41) is 22.8. The van der Waals surface area contributed by atoms with Crippen molar-refractivity contribution in [3.8, 4) is 6.07 Å². The van der Waals surface area contributed by atoms with Crippen molar-refractivity contribution >= 4 is 11.8 Å². The van der Waals surface area contributed by atoms with E-state index in [2.05, 4.69) is 25.2 Å². The molecule has 1 saturated carbocycles. The fourth-order valence-electron chi connectivity index (χ4n) is 2.77. The molecule has 4 unspecified atom stereocenters. The first kappa shape index (κ1) is 16.8. The van der Waals surface area contributed by atoms with E-state index in [1.165, 1.54) is 0 Å². The molecule has 1 rings (SSSR count). The summed E-state index contributed by atoms with van der Waals surface area (Å²) in [6.07, 6.45) is 5.20. The Balaban J connectivity index is 2.45. The van der Waals surface area contributed by atoms with Gasteiger partial charge in [0.15, 0.2) is 0 Å². The van der Waals surface area contributed by atoms with Crippen molar-refractivity contribution in [3.63, 3.8) is 0 Å². The fourth-order valence-corrected chi connectivity index (χ4v) is 3.84. The average molecular weight is 284 g/mol. The van der Waals surface area contributed by atoms with Gasteiger partial charge < -0.3 is 5.11 Å². The lowest BCUT2D eigenvalue weighted by Crippen LogP contribution is -2.47. The summed E-state index contributed by atoms with van der Waals surface area (Å²) < 4.78 is 0. The molecule has 2 N–H and O–H groups in total. The first-order chi connectivity index (χ1) is 9.05. The SMILES string of the molecule is CCCNC1(C#N)CCCC1CCSC(C)C(C)O. The smallest absolute Gasteiger partial charge is 0.109 e. The molecule has 4 atom stereocenters. The molecule has 0 spiro atoms. The van der Waals surface area contributed by atoms with Crippen molar-refractivity contribution in [2.24, 2.45) is 5.92 Å². The summed E-state index contributed by atoms with van der Waals surface area (Å²) in [7, 11) is 0. The summed E-state index contributed by atoms with van der Waals surface area (Å²) in [5.41, 5.74) is -0.287. The van der Waals surface area contributed by atoms with E-state index < -0.39 is 0 Å². The number of rotatable bonds is 8. The van der Waals surface area contributed by atoms with Crippen LogP contribution in [-0.4, -0.2) is 34.3 Å². The number of hydrogen-bond donors (Lipinski definition) is 2. The number of aliphatic hydroxyl groups is 1. The Morgan fingerprint density at radius 2 is 2.26 bits per heavy atom. The van der Waals surface area contributed by atoms with Crippen LogP contribution < -0.4 is 5.32 Å². The lowest BCUT2D eigenvalue weighted by Gasteiger charge is -2.30. The van der Waals surface area contributed by atoms with Crippen LogP contribution in [0.15, 0.2) is 0 Å². The molecule has 0 heterocycles. The van der Waals surface area contributed by atoms with Crippen LogP contribution in [0.4, 0.5) is 0 Å². The standard InChI is InChI=1S/C15H28N2OS/c1-4-9-17-15(11-16)8-5-6-14(15)7-10-19-13(3)12(2)18/h12-14,17-18H,4-10H2,1-3H3. The third-order valence-corrected chi connectivity index (χ3v) is 5.63. The van der Waals surface area contributed by atoms with Gasteiger partial charge in [-0.1, -0.05) is 20.3 Å². The van der Waals surface area contributed by atoms with Crippen molar-refractivity contribution in [1.29, 1.82) is 5.26 Å². The first-order valence-electron chi connectivity index (χ1n) is 7.51. The van der Waals surface area contributed by atoms with E-state index in [-0.39, 0.29) is 16.9 Å². The molecular weight excluding hydrogens is 256 g/mol. The Morgan fingerprint density at radius 3 is 2.84 bits per heavy atom. The summed E-state index contributed by atoms with van der Waals surface area (Å²) in [6, 6.07) is 2.55. The van der Waals surface area contributed by atoms with Gasteiger partial charge in [0.2, 0.25) is 0 Å². The maximum Gasteiger partial charge on any atom is 0.109 e. The monoisotopic (exact) mass is 284 g/mol. The van der Waals surface area contributed by atoms with Crippen molar-refractivity contribution in [3.05, 3.63) is 0 Å². The second-order valence-corrected chi connectivity index (χ2v) is 7.19. The molecule has 0 saturated heterocycles. The zero-order valence-corrected chi connectivity index (χ0v) is 13.3. The van der Waals surface area contributed by atoms with Crippen molar-refractivity contribution in [2.45, 2.75) is 69.8 Å². The van der Waals surface area contributed by atoms with E-state index in [9.17, 15) is 10.4 Å². The maximum absolute atomic E-state index is 9.55. The van der Waals surface area contributed by atoms with Crippen molar-refractivity contribution in [1.82, 2.24) is 5.32 Å². The van der Waals surface area contributed by atoms with Crippen LogP contribution in [0.25, 0.3) is 0 Å². The van der Waals surface area contributed by atoms with Gasteiger partial charge in [-0.3, -0.25) is 5.32 Å². The molecule has 0 aromatic carbocycles. The van der Waals surface area contributed by atoms with Gasteiger partial charge in [0.25, 0.3) is 0 Å². The van der Waals surface area contributed by atoms with Crippen LogP contribution in [0.2, 0.25) is 0 Å². The third kappa shape index (κ3) is 4.66. The number of nitrogens with one attached hydrogen (secondary N) is 1. The van der Waals surface area contributed by atoms with Gasteiger partial charge in [0.05, 0.1) is 12.2 Å². The van der Waals surface area contributed by atoms with E-state index in [1.54, 1.807) is 0 Å². The second-order valence-electron chi connectivity index (χ2n) is 5.70. The highest BCUT2D eigenvalue weighted by Crippen LogP contribution is 2.38. The average Bonchev–Trinajstić information content (AvgIpc) is 2.79. The number of nitrogens with zero attached hydrogens (tertiary/aromatic N) is 1. The van der Waals surface area contributed by atoms with E-state index in [0.717, 1.165) is 44.4 Å². The van der Waals surface area contributed by atoms with Crippen LogP contribution in [0.3, 0.4) is 0 Å². The molecule has 1 fully saturated rings. The van der Waals surface area contributed by atoms with Gasteiger partial charge in [-0.15, -0.1) is 0 Å². The molecule has 0 aromatic rings. The minimum atomic E-state index is -0.287. The van der Waals surface area contributed by atoms with Crippen molar-refractivity contribution in [2.75, 3.05) is 12.3 Å². The van der Waals surface area contributed by atoms with Gasteiger partial charge >= 0.3 is 0 Å². The molecule has 1 aliphatic rings. The lowest BCUT2D eigenvalue weighted by molar-refractivity contribution is 0.196. The fraction of sp³-hybridized carbons (Fsp3) is 0.933. The summed E-state index contributed by atoms with van der Waals surface area (Å²) in [5.74, 6) is 1.51. The highest BCUT2D eigenvalue weighted by atomic mass is 32.2. The number of nitriles is 1. The largest absolute Gasteiger partial charge is 0.392 e. The predicted octanol–water partition coefficient (Wildman–Crippen LogP) is 2.94. The van der Waals surface area contributed by atoms with Crippen LogP contribution in [0.1, 0.15) is 52.9 Å². The van der Waals surface area contributed by atoms with Crippen LogP contribution >= 0.6 is 11.8 Å². The minimum absolute atomic E-state index is 0.257. The van der Waals surface area contributed by atoms with Gasteiger partial charge in [-0.25, -0.2) is 0 Å². The molecule has 19 heavy (non-hydrogen) atoms.